The van der Waals surface area contributed by atoms with Gasteiger partial charge in [-0.3, -0.25) is 0 Å². The van der Waals surface area contributed by atoms with E-state index in [0.717, 1.165) is 0 Å². The molecule has 104 valence electrons. The van der Waals surface area contributed by atoms with E-state index in [2.05, 4.69) is 0 Å². The van der Waals surface area contributed by atoms with Gasteiger partial charge < -0.3 is 4.74 Å². The van der Waals surface area contributed by atoms with Gasteiger partial charge in [-0.05, 0) is 12.1 Å². The Bertz CT molecular complexity index is 809. The van der Waals surface area contributed by atoms with Gasteiger partial charge in [0.05, 0.1) is 5.02 Å². The SMILES string of the molecule is N#Cc1c(F)c(F)c(Oc2ccccc2Cl)c(F)c1C#N. The van der Waals surface area contributed by atoms with E-state index < -0.39 is 34.3 Å². The van der Waals surface area contributed by atoms with Crippen LogP contribution in [0.15, 0.2) is 24.3 Å². The van der Waals surface area contributed by atoms with E-state index >= 15 is 0 Å². The Morgan fingerprint density at radius 1 is 0.905 bits per heavy atom. The highest BCUT2D eigenvalue weighted by Crippen LogP contribution is 2.36. The summed E-state index contributed by atoms with van der Waals surface area (Å²) in [6, 6.07) is 8.30. The van der Waals surface area contributed by atoms with Crippen molar-refractivity contribution in [1.82, 2.24) is 0 Å². The van der Waals surface area contributed by atoms with Gasteiger partial charge in [0.25, 0.3) is 0 Å². The number of nitriles is 2. The van der Waals surface area contributed by atoms with Crippen molar-refractivity contribution in [3.05, 3.63) is 57.9 Å². The highest BCUT2D eigenvalue weighted by atomic mass is 35.5. The molecule has 0 unspecified atom stereocenters. The van der Waals surface area contributed by atoms with E-state index in [9.17, 15) is 13.2 Å². The molecule has 0 fully saturated rings. The van der Waals surface area contributed by atoms with Crippen molar-refractivity contribution in [3.8, 4) is 23.6 Å². The number of hydrogen-bond acceptors (Lipinski definition) is 3. The summed E-state index contributed by atoms with van der Waals surface area (Å²) in [5, 5.41) is 17.5. The maximum absolute atomic E-state index is 14.0. The Balaban J connectivity index is 2.67. The van der Waals surface area contributed by atoms with Gasteiger partial charge in [0.2, 0.25) is 11.6 Å². The van der Waals surface area contributed by atoms with Crippen molar-refractivity contribution in [2.45, 2.75) is 0 Å². The molecule has 0 bridgehead atoms. The van der Waals surface area contributed by atoms with Gasteiger partial charge >= 0.3 is 0 Å². The Hall–Kier alpha value is -2.70. The number of para-hydroxylation sites is 1. The summed E-state index contributed by atoms with van der Waals surface area (Å²) in [4.78, 5) is 0. The van der Waals surface area contributed by atoms with Crippen LogP contribution in [-0.2, 0) is 0 Å². The van der Waals surface area contributed by atoms with Crippen LogP contribution in [-0.4, -0.2) is 0 Å². The van der Waals surface area contributed by atoms with E-state index in [0.29, 0.717) is 0 Å². The minimum Gasteiger partial charge on any atom is -0.449 e. The molecule has 2 aromatic carbocycles. The van der Waals surface area contributed by atoms with E-state index in [1.807, 2.05) is 0 Å². The van der Waals surface area contributed by atoms with Crippen LogP contribution >= 0.6 is 11.6 Å². The second-order valence-corrected chi connectivity index (χ2v) is 4.18. The molecule has 0 aliphatic heterocycles. The maximum Gasteiger partial charge on any atom is 0.205 e. The van der Waals surface area contributed by atoms with Gasteiger partial charge in [0.15, 0.2) is 11.6 Å². The molecule has 0 radical (unpaired) electrons. The minimum absolute atomic E-state index is 0.0413. The fourth-order valence-electron chi connectivity index (χ4n) is 1.58. The van der Waals surface area contributed by atoms with Crippen molar-refractivity contribution < 1.29 is 17.9 Å². The van der Waals surface area contributed by atoms with Gasteiger partial charge in [-0.25, -0.2) is 8.78 Å². The lowest BCUT2D eigenvalue weighted by Gasteiger charge is -2.11. The Morgan fingerprint density at radius 3 is 2.05 bits per heavy atom. The third kappa shape index (κ3) is 2.49. The van der Waals surface area contributed by atoms with E-state index in [1.165, 1.54) is 30.3 Å². The molecule has 0 heterocycles. The number of hydrogen-bond donors (Lipinski definition) is 0. The van der Waals surface area contributed by atoms with Crippen LogP contribution in [0, 0.1) is 40.1 Å². The zero-order valence-electron chi connectivity index (χ0n) is 10.1. The Morgan fingerprint density at radius 2 is 1.48 bits per heavy atom. The molecule has 0 amide bonds. The van der Waals surface area contributed by atoms with Crippen molar-refractivity contribution in [3.63, 3.8) is 0 Å². The number of benzene rings is 2. The van der Waals surface area contributed by atoms with Crippen molar-refractivity contribution in [2.24, 2.45) is 0 Å². The first-order valence-electron chi connectivity index (χ1n) is 5.44. The van der Waals surface area contributed by atoms with Crippen LogP contribution in [0.25, 0.3) is 0 Å². The van der Waals surface area contributed by atoms with Gasteiger partial charge in [-0.15, -0.1) is 0 Å². The summed E-state index contributed by atoms with van der Waals surface area (Å²) < 4.78 is 46.4. The second-order valence-electron chi connectivity index (χ2n) is 3.78. The van der Waals surface area contributed by atoms with Crippen LogP contribution in [0.2, 0.25) is 5.02 Å². The van der Waals surface area contributed by atoms with Crippen molar-refractivity contribution in [2.75, 3.05) is 0 Å². The summed E-state index contributed by atoms with van der Waals surface area (Å²) in [5.41, 5.74) is -1.95. The smallest absolute Gasteiger partial charge is 0.205 e. The third-order valence-electron chi connectivity index (χ3n) is 2.55. The lowest BCUT2D eigenvalue weighted by molar-refractivity contribution is 0.385. The molecule has 0 aromatic heterocycles. The average molecular weight is 309 g/mol. The Labute approximate surface area is 122 Å². The molecule has 0 aliphatic carbocycles. The van der Waals surface area contributed by atoms with Crippen molar-refractivity contribution >= 4 is 11.6 Å². The van der Waals surface area contributed by atoms with E-state index in [4.69, 9.17) is 26.9 Å². The lowest BCUT2D eigenvalue weighted by Crippen LogP contribution is -2.04. The monoisotopic (exact) mass is 308 g/mol. The average Bonchev–Trinajstić information content (AvgIpc) is 2.48. The number of rotatable bonds is 2. The second kappa shape index (κ2) is 5.74. The highest BCUT2D eigenvalue weighted by molar-refractivity contribution is 6.32. The summed E-state index contributed by atoms with van der Waals surface area (Å²) in [6.07, 6.45) is 0. The summed E-state index contributed by atoms with van der Waals surface area (Å²) in [5.74, 6) is -6.07. The fourth-order valence-corrected chi connectivity index (χ4v) is 1.75. The molecule has 2 aromatic rings. The zero-order chi connectivity index (χ0) is 15.6. The molecular formula is C14H4ClF3N2O. The predicted molar refractivity (Wildman–Crippen MR) is 67.3 cm³/mol. The van der Waals surface area contributed by atoms with Gasteiger partial charge in [-0.2, -0.15) is 14.9 Å². The standard InChI is InChI=1S/C14H4ClF3N2O/c15-9-3-1-2-4-10(9)21-14-12(17)8(6-20)7(5-19)11(16)13(14)18/h1-4H. The Kier molecular flexibility index (Phi) is 4.02. The topological polar surface area (TPSA) is 56.8 Å². The summed E-state index contributed by atoms with van der Waals surface area (Å²) >= 11 is 5.77. The van der Waals surface area contributed by atoms with Gasteiger partial charge in [0.1, 0.15) is 29.0 Å². The molecule has 7 heteroatoms. The maximum atomic E-state index is 14.0. The third-order valence-corrected chi connectivity index (χ3v) is 2.86. The van der Waals surface area contributed by atoms with Crippen LogP contribution < -0.4 is 4.74 Å². The largest absolute Gasteiger partial charge is 0.449 e. The first kappa shape index (κ1) is 14.7. The number of ether oxygens (including phenoxy) is 1. The summed E-state index contributed by atoms with van der Waals surface area (Å²) in [7, 11) is 0. The molecule has 21 heavy (non-hydrogen) atoms. The molecule has 0 N–H and O–H groups in total. The van der Waals surface area contributed by atoms with Crippen LogP contribution in [0.5, 0.6) is 11.5 Å². The molecule has 0 saturated heterocycles. The highest BCUT2D eigenvalue weighted by Gasteiger charge is 2.27. The van der Waals surface area contributed by atoms with E-state index in [-0.39, 0.29) is 10.8 Å². The lowest BCUT2D eigenvalue weighted by atomic mass is 10.1. The van der Waals surface area contributed by atoms with Crippen LogP contribution in [0.4, 0.5) is 13.2 Å². The minimum atomic E-state index is -1.71. The fraction of sp³-hybridized carbons (Fsp3) is 0. The molecule has 0 saturated carbocycles. The number of nitrogens with zero attached hydrogens (tertiary/aromatic N) is 2. The quantitative estimate of drug-likeness (QED) is 0.777. The molecule has 0 aliphatic rings. The van der Waals surface area contributed by atoms with Crippen LogP contribution in [0.1, 0.15) is 11.1 Å². The number of halogens is 4. The molecular weight excluding hydrogens is 305 g/mol. The predicted octanol–water partition coefficient (Wildman–Crippen LogP) is 4.29. The normalized spacial score (nSPS) is 9.81. The van der Waals surface area contributed by atoms with Gasteiger partial charge in [-0.1, -0.05) is 23.7 Å². The molecule has 0 spiro atoms. The van der Waals surface area contributed by atoms with Gasteiger partial charge in [0, 0.05) is 0 Å². The first-order chi connectivity index (χ1) is 10.0. The summed E-state index contributed by atoms with van der Waals surface area (Å²) in [6.45, 7) is 0. The molecule has 0 atom stereocenters. The first-order valence-corrected chi connectivity index (χ1v) is 5.82. The van der Waals surface area contributed by atoms with Crippen LogP contribution in [0.3, 0.4) is 0 Å². The van der Waals surface area contributed by atoms with Crippen molar-refractivity contribution in [1.29, 1.82) is 10.5 Å². The zero-order valence-corrected chi connectivity index (χ0v) is 10.9. The molecule has 2 rings (SSSR count). The molecule has 3 nitrogen and oxygen atoms in total. The van der Waals surface area contributed by atoms with E-state index in [1.54, 1.807) is 6.07 Å².